The fraction of sp³-hybridized carbons (Fsp3) is 0. The molecule has 2 heterocycles. The summed E-state index contributed by atoms with van der Waals surface area (Å²) in [5.41, 5.74) is 2.56. The van der Waals surface area contributed by atoms with Gasteiger partial charge in [-0.25, -0.2) is 0 Å². The molecule has 1 aromatic carbocycles. The average molecular weight is 209 g/mol. The van der Waals surface area contributed by atoms with Gasteiger partial charge in [0.25, 0.3) is 5.56 Å². The summed E-state index contributed by atoms with van der Waals surface area (Å²) in [6, 6.07) is 10.9. The van der Waals surface area contributed by atoms with E-state index in [0.717, 1.165) is 5.52 Å². The van der Waals surface area contributed by atoms with Crippen molar-refractivity contribution >= 4 is 16.6 Å². The van der Waals surface area contributed by atoms with E-state index in [0.29, 0.717) is 16.6 Å². The van der Waals surface area contributed by atoms with Gasteiger partial charge in [0.15, 0.2) is 0 Å². The largest absolute Gasteiger partial charge is 0.319 e. The highest BCUT2D eigenvalue weighted by Gasteiger charge is 2.04. The van der Waals surface area contributed by atoms with E-state index in [2.05, 4.69) is 4.98 Å². The van der Waals surface area contributed by atoms with E-state index in [1.54, 1.807) is 18.2 Å². The van der Waals surface area contributed by atoms with Crippen molar-refractivity contribution in [2.75, 3.05) is 0 Å². The van der Waals surface area contributed by atoms with Crippen molar-refractivity contribution < 1.29 is 0 Å². The molecule has 0 bridgehead atoms. The average Bonchev–Trinajstić information content (AvgIpc) is 2.78. The Hall–Kier alpha value is -2.54. The third-order valence-corrected chi connectivity index (χ3v) is 2.61. The van der Waals surface area contributed by atoms with Crippen molar-refractivity contribution in [1.82, 2.24) is 9.38 Å². The number of nitrogens with zero attached hydrogens (tertiary/aromatic N) is 2. The predicted molar refractivity (Wildman–Crippen MR) is 60.2 cm³/mol. The van der Waals surface area contributed by atoms with E-state index in [-0.39, 0.29) is 5.56 Å². The van der Waals surface area contributed by atoms with Gasteiger partial charge in [0.2, 0.25) is 0 Å². The second-order valence-electron chi connectivity index (χ2n) is 3.56. The number of H-pyrrole nitrogens is 1. The summed E-state index contributed by atoms with van der Waals surface area (Å²) in [4.78, 5) is 14.5. The molecule has 0 aliphatic rings. The Morgan fingerprint density at radius 1 is 1.25 bits per heavy atom. The predicted octanol–water partition coefficient (Wildman–Crippen LogP) is 1.65. The lowest BCUT2D eigenvalue weighted by Gasteiger charge is -2.02. The number of aromatic amines is 1. The van der Waals surface area contributed by atoms with E-state index in [9.17, 15) is 4.79 Å². The zero-order chi connectivity index (χ0) is 11.1. The maximum absolute atomic E-state index is 11.7. The van der Waals surface area contributed by atoms with Crippen LogP contribution >= 0.6 is 0 Å². The molecule has 0 aliphatic carbocycles. The molecular weight excluding hydrogens is 202 g/mol. The summed E-state index contributed by atoms with van der Waals surface area (Å²) in [6.45, 7) is 0. The normalized spacial score (nSPS) is 10.7. The monoisotopic (exact) mass is 209 g/mol. The van der Waals surface area contributed by atoms with Crippen LogP contribution in [0.3, 0.4) is 0 Å². The molecule has 0 saturated carbocycles. The number of rotatable bonds is 0. The fourth-order valence-corrected chi connectivity index (χ4v) is 1.88. The van der Waals surface area contributed by atoms with Crippen LogP contribution < -0.4 is 5.56 Å². The van der Waals surface area contributed by atoms with Crippen LogP contribution in [-0.4, -0.2) is 9.38 Å². The molecule has 0 saturated heterocycles. The number of aromatic nitrogens is 2. The van der Waals surface area contributed by atoms with Crippen molar-refractivity contribution in [1.29, 1.82) is 5.26 Å². The highest BCUT2D eigenvalue weighted by Crippen LogP contribution is 2.14. The van der Waals surface area contributed by atoms with Crippen LogP contribution in [-0.2, 0) is 0 Å². The Balaban J connectivity index is 2.59. The molecule has 0 amide bonds. The Kier molecular flexibility index (Phi) is 1.62. The minimum Gasteiger partial charge on any atom is -0.319 e. The first-order valence-electron chi connectivity index (χ1n) is 4.83. The molecule has 0 spiro atoms. The Morgan fingerprint density at radius 2 is 2.12 bits per heavy atom. The van der Waals surface area contributed by atoms with Gasteiger partial charge in [0.1, 0.15) is 5.52 Å². The molecule has 16 heavy (non-hydrogen) atoms. The van der Waals surface area contributed by atoms with Gasteiger partial charge in [-0.15, -0.1) is 0 Å². The van der Waals surface area contributed by atoms with Crippen molar-refractivity contribution in [2.24, 2.45) is 0 Å². The molecule has 0 unspecified atom stereocenters. The van der Waals surface area contributed by atoms with Crippen LogP contribution in [0.4, 0.5) is 0 Å². The molecule has 0 radical (unpaired) electrons. The van der Waals surface area contributed by atoms with Crippen LogP contribution in [0.2, 0.25) is 0 Å². The second kappa shape index (κ2) is 2.97. The number of hydrogen-bond acceptors (Lipinski definition) is 2. The number of nitriles is 1. The van der Waals surface area contributed by atoms with E-state index >= 15 is 0 Å². The molecule has 2 aromatic heterocycles. The van der Waals surface area contributed by atoms with Gasteiger partial charge >= 0.3 is 0 Å². The molecule has 4 nitrogen and oxygen atoms in total. The molecule has 0 aliphatic heterocycles. The molecule has 0 atom stereocenters. The fourth-order valence-electron chi connectivity index (χ4n) is 1.88. The third-order valence-electron chi connectivity index (χ3n) is 2.61. The van der Waals surface area contributed by atoms with Gasteiger partial charge in [0, 0.05) is 6.20 Å². The zero-order valence-corrected chi connectivity index (χ0v) is 8.27. The van der Waals surface area contributed by atoms with E-state index < -0.39 is 0 Å². The van der Waals surface area contributed by atoms with Crippen LogP contribution in [0.15, 0.2) is 41.3 Å². The van der Waals surface area contributed by atoms with Gasteiger partial charge in [0.05, 0.1) is 22.7 Å². The number of benzene rings is 1. The maximum Gasteiger partial charge on any atom is 0.272 e. The highest BCUT2D eigenvalue weighted by atomic mass is 16.1. The van der Waals surface area contributed by atoms with Crippen LogP contribution in [0.25, 0.3) is 16.6 Å². The van der Waals surface area contributed by atoms with Gasteiger partial charge in [-0.1, -0.05) is 0 Å². The third kappa shape index (κ3) is 1.06. The summed E-state index contributed by atoms with van der Waals surface area (Å²) in [5, 5.41) is 8.79. The van der Waals surface area contributed by atoms with E-state index in [1.165, 1.54) is 0 Å². The summed E-state index contributed by atoms with van der Waals surface area (Å²) in [6.07, 6.45) is 1.83. The lowest BCUT2D eigenvalue weighted by Crippen LogP contribution is -2.09. The zero-order valence-electron chi connectivity index (χ0n) is 8.27. The lowest BCUT2D eigenvalue weighted by molar-refractivity contribution is 1.19. The first-order chi connectivity index (χ1) is 7.79. The van der Waals surface area contributed by atoms with Crippen LogP contribution in [0, 0.1) is 11.3 Å². The van der Waals surface area contributed by atoms with Crippen molar-refractivity contribution in [2.45, 2.75) is 0 Å². The maximum atomic E-state index is 11.7. The Labute approximate surface area is 90.4 Å². The van der Waals surface area contributed by atoms with Gasteiger partial charge in [-0.05, 0) is 30.3 Å². The number of fused-ring (bicyclic) bond motifs is 3. The minimum atomic E-state index is -0.146. The molecular formula is C12H7N3O. The molecule has 76 valence electrons. The number of hydrogen-bond donors (Lipinski definition) is 1. The Morgan fingerprint density at radius 3 is 2.94 bits per heavy atom. The van der Waals surface area contributed by atoms with Crippen molar-refractivity contribution in [3.63, 3.8) is 0 Å². The first kappa shape index (κ1) is 8.74. The van der Waals surface area contributed by atoms with Crippen LogP contribution in [0.5, 0.6) is 0 Å². The first-order valence-corrected chi connectivity index (χ1v) is 4.83. The standard InChI is InChI=1S/C12H7N3O/c13-7-8-3-4-10-9(6-8)14-12(16)11-2-1-5-15(10)11/h1-6H,(H,14,16). The summed E-state index contributed by atoms with van der Waals surface area (Å²) >= 11 is 0. The number of nitrogens with one attached hydrogen (secondary N) is 1. The molecule has 1 N–H and O–H groups in total. The van der Waals surface area contributed by atoms with Gasteiger partial charge in [-0.2, -0.15) is 5.26 Å². The molecule has 0 fully saturated rings. The SMILES string of the molecule is N#Cc1ccc2c(c1)[nH]c(=O)c1cccn12. The lowest BCUT2D eigenvalue weighted by atomic mass is 10.2. The quantitative estimate of drug-likeness (QED) is 0.612. The van der Waals surface area contributed by atoms with Crippen LogP contribution in [0.1, 0.15) is 5.56 Å². The smallest absolute Gasteiger partial charge is 0.272 e. The van der Waals surface area contributed by atoms with E-state index in [4.69, 9.17) is 5.26 Å². The highest BCUT2D eigenvalue weighted by molar-refractivity contribution is 5.79. The van der Waals surface area contributed by atoms with Crippen molar-refractivity contribution in [3.05, 3.63) is 52.4 Å². The topological polar surface area (TPSA) is 61.1 Å². The second-order valence-corrected chi connectivity index (χ2v) is 3.56. The Bertz CT molecular complexity index is 789. The summed E-state index contributed by atoms with van der Waals surface area (Å²) in [7, 11) is 0. The van der Waals surface area contributed by atoms with Crippen molar-refractivity contribution in [3.8, 4) is 6.07 Å². The van der Waals surface area contributed by atoms with E-state index in [1.807, 2.05) is 28.8 Å². The molecule has 4 heteroatoms. The summed E-state index contributed by atoms with van der Waals surface area (Å²) < 4.78 is 1.81. The summed E-state index contributed by atoms with van der Waals surface area (Å²) in [5.74, 6) is 0. The van der Waals surface area contributed by atoms with Gasteiger partial charge in [-0.3, -0.25) is 4.79 Å². The van der Waals surface area contributed by atoms with Gasteiger partial charge < -0.3 is 9.38 Å². The molecule has 3 rings (SSSR count). The minimum absolute atomic E-state index is 0.146. The molecule has 3 aromatic rings.